The summed E-state index contributed by atoms with van der Waals surface area (Å²) in [6, 6.07) is 10.2. The van der Waals surface area contributed by atoms with Crippen LogP contribution in [0.2, 0.25) is 0 Å². The maximum atomic E-state index is 5.99. The van der Waals surface area contributed by atoms with E-state index in [9.17, 15) is 0 Å². The van der Waals surface area contributed by atoms with Crippen LogP contribution in [-0.2, 0) is 0 Å². The van der Waals surface area contributed by atoms with Gasteiger partial charge in [-0.15, -0.1) is 0 Å². The quantitative estimate of drug-likeness (QED) is 0.856. The van der Waals surface area contributed by atoms with Crippen molar-refractivity contribution in [3.8, 4) is 5.75 Å². The zero-order valence-electron chi connectivity index (χ0n) is 10.2. The molecule has 3 heteroatoms. The molecule has 3 nitrogen and oxygen atoms in total. The predicted octanol–water partition coefficient (Wildman–Crippen LogP) is 2.28. The minimum absolute atomic E-state index is 0.0498. The third kappa shape index (κ3) is 1.98. The Labute approximate surface area is 101 Å². The van der Waals surface area contributed by atoms with E-state index >= 15 is 0 Å². The molecule has 3 rings (SSSR count). The predicted molar refractivity (Wildman–Crippen MR) is 68.4 cm³/mol. The third-order valence-electron chi connectivity index (χ3n) is 3.16. The molecule has 1 aromatic carbocycles. The first-order valence-corrected chi connectivity index (χ1v) is 5.92. The van der Waals surface area contributed by atoms with Gasteiger partial charge < -0.3 is 10.1 Å². The number of benzene rings is 1. The van der Waals surface area contributed by atoms with Crippen LogP contribution in [0, 0.1) is 6.92 Å². The standard InChI is InChI=1S/C14H16N2O/c1-10-3-4-11-7-12(5-6-13(11)16-10)17-14(2)8-15-9-14/h3-7,15H,8-9H2,1-2H3. The molecule has 0 bridgehead atoms. The van der Waals surface area contributed by atoms with E-state index in [0.717, 1.165) is 35.4 Å². The minimum Gasteiger partial charge on any atom is -0.485 e. The first-order valence-electron chi connectivity index (χ1n) is 5.92. The van der Waals surface area contributed by atoms with Gasteiger partial charge in [-0.3, -0.25) is 4.98 Å². The van der Waals surface area contributed by atoms with Crippen LogP contribution in [0.5, 0.6) is 5.75 Å². The molecule has 17 heavy (non-hydrogen) atoms. The SMILES string of the molecule is Cc1ccc2cc(OC3(C)CNC3)ccc2n1. The maximum absolute atomic E-state index is 5.99. The van der Waals surface area contributed by atoms with Crippen LogP contribution in [0.1, 0.15) is 12.6 Å². The number of rotatable bonds is 2. The van der Waals surface area contributed by atoms with Crippen LogP contribution in [0.4, 0.5) is 0 Å². The lowest BCUT2D eigenvalue weighted by Gasteiger charge is -2.39. The van der Waals surface area contributed by atoms with E-state index in [4.69, 9.17) is 4.74 Å². The summed E-state index contributed by atoms with van der Waals surface area (Å²) in [5.74, 6) is 0.923. The molecular weight excluding hydrogens is 212 g/mol. The number of aromatic nitrogens is 1. The summed E-state index contributed by atoms with van der Waals surface area (Å²) in [5.41, 5.74) is 2.02. The molecule has 2 aromatic rings. The highest BCUT2D eigenvalue weighted by molar-refractivity contribution is 5.80. The summed E-state index contributed by atoms with van der Waals surface area (Å²) in [4.78, 5) is 4.48. The van der Waals surface area contributed by atoms with Crippen molar-refractivity contribution in [3.63, 3.8) is 0 Å². The van der Waals surface area contributed by atoms with Crippen LogP contribution >= 0.6 is 0 Å². The molecule has 0 amide bonds. The molecule has 1 aromatic heterocycles. The first-order chi connectivity index (χ1) is 8.15. The number of fused-ring (bicyclic) bond motifs is 1. The lowest BCUT2D eigenvalue weighted by Crippen LogP contribution is -2.60. The van der Waals surface area contributed by atoms with Gasteiger partial charge in [-0.25, -0.2) is 0 Å². The lowest BCUT2D eigenvalue weighted by atomic mass is 10.00. The van der Waals surface area contributed by atoms with Crippen molar-refractivity contribution in [1.82, 2.24) is 10.3 Å². The van der Waals surface area contributed by atoms with Gasteiger partial charge in [-0.1, -0.05) is 6.07 Å². The number of hydrogen-bond acceptors (Lipinski definition) is 3. The number of nitrogens with zero attached hydrogens (tertiary/aromatic N) is 1. The Morgan fingerprint density at radius 1 is 1.24 bits per heavy atom. The Hall–Kier alpha value is -1.61. The van der Waals surface area contributed by atoms with Crippen LogP contribution in [0.3, 0.4) is 0 Å². The molecule has 1 aliphatic rings. The monoisotopic (exact) mass is 228 g/mol. The second-order valence-electron chi connectivity index (χ2n) is 4.96. The molecule has 88 valence electrons. The summed E-state index contributed by atoms with van der Waals surface area (Å²) in [6.07, 6.45) is 0. The van der Waals surface area contributed by atoms with Gasteiger partial charge in [0.15, 0.2) is 0 Å². The van der Waals surface area contributed by atoms with E-state index in [1.165, 1.54) is 0 Å². The summed E-state index contributed by atoms with van der Waals surface area (Å²) < 4.78 is 5.99. The van der Waals surface area contributed by atoms with E-state index in [0.29, 0.717) is 0 Å². The Bertz CT molecular complexity index is 561. The number of nitrogens with one attached hydrogen (secondary N) is 1. The van der Waals surface area contributed by atoms with Crippen molar-refractivity contribution in [3.05, 3.63) is 36.0 Å². The molecule has 0 radical (unpaired) electrons. The van der Waals surface area contributed by atoms with Crippen LogP contribution in [0.25, 0.3) is 10.9 Å². The minimum atomic E-state index is -0.0498. The zero-order chi connectivity index (χ0) is 11.9. The van der Waals surface area contributed by atoms with Crippen molar-refractivity contribution in [1.29, 1.82) is 0 Å². The van der Waals surface area contributed by atoms with Crippen molar-refractivity contribution < 1.29 is 4.74 Å². The summed E-state index contributed by atoms with van der Waals surface area (Å²) in [6.45, 7) is 5.96. The van der Waals surface area contributed by atoms with Gasteiger partial charge >= 0.3 is 0 Å². The van der Waals surface area contributed by atoms with Gasteiger partial charge in [0.25, 0.3) is 0 Å². The molecule has 0 aliphatic carbocycles. The fourth-order valence-corrected chi connectivity index (χ4v) is 2.10. The molecule has 0 saturated carbocycles. The van der Waals surface area contributed by atoms with E-state index in [1.807, 2.05) is 25.1 Å². The van der Waals surface area contributed by atoms with E-state index in [1.54, 1.807) is 0 Å². The number of hydrogen-bond donors (Lipinski definition) is 1. The Balaban J connectivity index is 1.93. The third-order valence-corrected chi connectivity index (χ3v) is 3.16. The number of aryl methyl sites for hydroxylation is 1. The average molecular weight is 228 g/mol. The number of ether oxygens (including phenoxy) is 1. The molecule has 2 heterocycles. The zero-order valence-corrected chi connectivity index (χ0v) is 10.2. The highest BCUT2D eigenvalue weighted by atomic mass is 16.5. The second-order valence-corrected chi connectivity index (χ2v) is 4.96. The number of pyridine rings is 1. The maximum Gasteiger partial charge on any atom is 0.131 e. The fourth-order valence-electron chi connectivity index (χ4n) is 2.10. The topological polar surface area (TPSA) is 34.1 Å². The van der Waals surface area contributed by atoms with Crippen LogP contribution in [-0.4, -0.2) is 23.7 Å². The molecule has 1 aliphatic heterocycles. The fraction of sp³-hybridized carbons (Fsp3) is 0.357. The Morgan fingerprint density at radius 3 is 2.76 bits per heavy atom. The lowest BCUT2D eigenvalue weighted by molar-refractivity contribution is 0.0350. The van der Waals surface area contributed by atoms with Gasteiger partial charge in [-0.05, 0) is 38.1 Å². The summed E-state index contributed by atoms with van der Waals surface area (Å²) >= 11 is 0. The molecular formula is C14H16N2O. The summed E-state index contributed by atoms with van der Waals surface area (Å²) in [7, 11) is 0. The second kappa shape index (κ2) is 3.70. The van der Waals surface area contributed by atoms with Gasteiger partial charge in [-0.2, -0.15) is 0 Å². The van der Waals surface area contributed by atoms with Crippen molar-refractivity contribution in [2.75, 3.05) is 13.1 Å². The van der Waals surface area contributed by atoms with Gasteiger partial charge in [0, 0.05) is 24.2 Å². The van der Waals surface area contributed by atoms with Gasteiger partial charge in [0.05, 0.1) is 5.52 Å². The molecule has 1 fully saturated rings. The Kier molecular flexibility index (Phi) is 2.30. The molecule has 0 atom stereocenters. The van der Waals surface area contributed by atoms with E-state index < -0.39 is 0 Å². The molecule has 0 unspecified atom stereocenters. The normalized spacial score (nSPS) is 17.8. The highest BCUT2D eigenvalue weighted by Crippen LogP contribution is 2.25. The van der Waals surface area contributed by atoms with E-state index in [2.05, 4.69) is 29.4 Å². The average Bonchev–Trinajstić information content (AvgIpc) is 2.27. The van der Waals surface area contributed by atoms with E-state index in [-0.39, 0.29) is 5.60 Å². The van der Waals surface area contributed by atoms with Crippen LogP contribution < -0.4 is 10.1 Å². The smallest absolute Gasteiger partial charge is 0.131 e. The molecule has 1 N–H and O–H groups in total. The molecule has 0 spiro atoms. The molecule has 1 saturated heterocycles. The highest BCUT2D eigenvalue weighted by Gasteiger charge is 2.33. The summed E-state index contributed by atoms with van der Waals surface area (Å²) in [5, 5.41) is 4.36. The van der Waals surface area contributed by atoms with Crippen molar-refractivity contribution in [2.24, 2.45) is 0 Å². The van der Waals surface area contributed by atoms with Crippen molar-refractivity contribution >= 4 is 10.9 Å². The first kappa shape index (κ1) is 10.5. The largest absolute Gasteiger partial charge is 0.485 e. The van der Waals surface area contributed by atoms with Gasteiger partial charge in [0.1, 0.15) is 11.4 Å². The van der Waals surface area contributed by atoms with Crippen molar-refractivity contribution in [2.45, 2.75) is 19.4 Å². The van der Waals surface area contributed by atoms with Gasteiger partial charge in [0.2, 0.25) is 0 Å². The Morgan fingerprint density at radius 2 is 2.06 bits per heavy atom. The van der Waals surface area contributed by atoms with Crippen LogP contribution in [0.15, 0.2) is 30.3 Å².